The minimum Gasteiger partial charge on any atom is -0.345 e. The molecule has 2 aliphatic rings. The van der Waals surface area contributed by atoms with E-state index in [0.717, 1.165) is 43.0 Å². The Labute approximate surface area is 175 Å². The highest BCUT2D eigenvalue weighted by Crippen LogP contribution is 2.35. The van der Waals surface area contributed by atoms with Crippen molar-refractivity contribution < 1.29 is 13.2 Å². The summed E-state index contributed by atoms with van der Waals surface area (Å²) >= 11 is 0. The summed E-state index contributed by atoms with van der Waals surface area (Å²) in [5, 5.41) is 3.25. The standard InChI is InChI=1S/C20H24F3N3.HI/c1-24-19(26-13-16-6-2-3-7-17(16)14-26)25-12-4-5-15-8-10-18(11-9-15)20(21,22)23;/h8-11,16-17H,2-3,6-7,12-14H2,1H3,(H,24,25);1H. The Hall–Kier alpha value is -1.43. The van der Waals surface area contributed by atoms with Gasteiger partial charge in [-0.15, -0.1) is 24.0 Å². The average molecular weight is 491 g/mol. The topological polar surface area (TPSA) is 27.6 Å². The molecular weight excluding hydrogens is 466 g/mol. The van der Waals surface area contributed by atoms with Crippen molar-refractivity contribution in [2.45, 2.75) is 31.9 Å². The van der Waals surface area contributed by atoms with Gasteiger partial charge < -0.3 is 10.2 Å². The van der Waals surface area contributed by atoms with Crippen molar-refractivity contribution in [1.82, 2.24) is 10.2 Å². The molecule has 3 nitrogen and oxygen atoms in total. The monoisotopic (exact) mass is 491 g/mol. The first-order valence-corrected chi connectivity index (χ1v) is 9.09. The highest BCUT2D eigenvalue weighted by molar-refractivity contribution is 14.0. The van der Waals surface area contributed by atoms with Crippen LogP contribution in [0, 0.1) is 23.7 Å². The molecule has 0 radical (unpaired) electrons. The quantitative estimate of drug-likeness (QED) is 0.274. The molecule has 0 aromatic heterocycles. The van der Waals surface area contributed by atoms with Crippen molar-refractivity contribution in [1.29, 1.82) is 0 Å². The summed E-state index contributed by atoms with van der Waals surface area (Å²) < 4.78 is 37.6. The molecule has 0 spiro atoms. The zero-order valence-electron chi connectivity index (χ0n) is 15.4. The lowest BCUT2D eigenvalue weighted by atomic mass is 9.82. The average Bonchev–Trinajstić information content (AvgIpc) is 3.05. The second kappa shape index (κ2) is 9.67. The lowest BCUT2D eigenvalue weighted by Gasteiger charge is -2.22. The van der Waals surface area contributed by atoms with Gasteiger partial charge in [0.1, 0.15) is 0 Å². The fourth-order valence-corrected chi connectivity index (χ4v) is 3.92. The van der Waals surface area contributed by atoms with Crippen LogP contribution < -0.4 is 5.32 Å². The zero-order valence-corrected chi connectivity index (χ0v) is 17.7. The number of hydrogen-bond donors (Lipinski definition) is 1. The first-order valence-electron chi connectivity index (χ1n) is 9.09. The molecule has 2 fully saturated rings. The number of alkyl halides is 3. The molecule has 1 aliphatic heterocycles. The van der Waals surface area contributed by atoms with Gasteiger partial charge in [-0.1, -0.05) is 24.7 Å². The molecule has 7 heteroatoms. The third-order valence-electron chi connectivity index (χ3n) is 5.27. The van der Waals surface area contributed by atoms with Crippen LogP contribution in [0.2, 0.25) is 0 Å². The van der Waals surface area contributed by atoms with E-state index in [0.29, 0.717) is 12.1 Å². The van der Waals surface area contributed by atoms with Crippen LogP contribution in [0.25, 0.3) is 0 Å². The summed E-state index contributed by atoms with van der Waals surface area (Å²) in [4.78, 5) is 6.66. The predicted molar refractivity (Wildman–Crippen MR) is 112 cm³/mol. The number of aliphatic imine (C=N–C) groups is 1. The summed E-state index contributed by atoms with van der Waals surface area (Å²) in [5.41, 5.74) is -0.0842. The molecule has 2 atom stereocenters. The summed E-state index contributed by atoms with van der Waals surface area (Å²) in [6, 6.07) is 4.91. The Balaban J connectivity index is 0.00000261. The van der Waals surface area contributed by atoms with E-state index in [1.807, 2.05) is 0 Å². The van der Waals surface area contributed by atoms with Crippen molar-refractivity contribution in [3.63, 3.8) is 0 Å². The number of guanidine groups is 1. The molecule has 0 bridgehead atoms. The third kappa shape index (κ3) is 5.77. The molecule has 0 amide bonds. The highest BCUT2D eigenvalue weighted by atomic mass is 127. The van der Waals surface area contributed by atoms with E-state index in [9.17, 15) is 13.2 Å². The third-order valence-corrected chi connectivity index (χ3v) is 5.27. The molecule has 1 aliphatic carbocycles. The number of nitrogens with zero attached hydrogens (tertiary/aromatic N) is 2. The first kappa shape index (κ1) is 21.9. The maximum atomic E-state index is 12.5. The van der Waals surface area contributed by atoms with Crippen LogP contribution in [-0.2, 0) is 6.18 Å². The van der Waals surface area contributed by atoms with Crippen molar-refractivity contribution in [2.24, 2.45) is 16.8 Å². The van der Waals surface area contributed by atoms with Crippen molar-refractivity contribution in [2.75, 3.05) is 26.7 Å². The minimum absolute atomic E-state index is 0. The van der Waals surface area contributed by atoms with Crippen LogP contribution in [-0.4, -0.2) is 37.5 Å². The number of fused-ring (bicyclic) bond motifs is 1. The van der Waals surface area contributed by atoms with E-state index < -0.39 is 11.7 Å². The van der Waals surface area contributed by atoms with Crippen LogP contribution in [0.15, 0.2) is 29.3 Å². The smallest absolute Gasteiger partial charge is 0.345 e. The van der Waals surface area contributed by atoms with E-state index in [-0.39, 0.29) is 24.0 Å². The lowest BCUT2D eigenvalue weighted by molar-refractivity contribution is -0.137. The molecule has 2 unspecified atom stereocenters. The molecule has 1 aromatic rings. The highest BCUT2D eigenvalue weighted by Gasteiger charge is 2.35. The number of benzene rings is 1. The van der Waals surface area contributed by atoms with Gasteiger partial charge in [0, 0.05) is 25.7 Å². The maximum Gasteiger partial charge on any atom is 0.416 e. The number of nitrogens with one attached hydrogen (secondary N) is 1. The summed E-state index contributed by atoms with van der Waals surface area (Å²) in [6.45, 7) is 2.52. The second-order valence-electron chi connectivity index (χ2n) is 6.99. The van der Waals surface area contributed by atoms with Gasteiger partial charge in [0.15, 0.2) is 5.96 Å². The van der Waals surface area contributed by atoms with Crippen LogP contribution in [0.5, 0.6) is 0 Å². The van der Waals surface area contributed by atoms with Gasteiger partial charge in [-0.3, -0.25) is 4.99 Å². The number of halogens is 4. The van der Waals surface area contributed by atoms with Crippen molar-refractivity contribution in [3.05, 3.63) is 35.4 Å². The molecule has 1 heterocycles. The van der Waals surface area contributed by atoms with Crippen LogP contribution >= 0.6 is 24.0 Å². The van der Waals surface area contributed by atoms with Crippen molar-refractivity contribution >= 4 is 29.9 Å². The zero-order chi connectivity index (χ0) is 18.6. The summed E-state index contributed by atoms with van der Waals surface area (Å²) in [5.74, 6) is 8.27. The van der Waals surface area contributed by atoms with Crippen LogP contribution in [0.1, 0.15) is 36.8 Å². The molecule has 148 valence electrons. The summed E-state index contributed by atoms with van der Waals surface area (Å²) in [6.07, 6.45) is 0.976. The van der Waals surface area contributed by atoms with Gasteiger partial charge in [-0.25, -0.2) is 0 Å². The Morgan fingerprint density at radius 2 is 1.74 bits per heavy atom. The SMILES string of the molecule is CN=C(NCC#Cc1ccc(C(F)(F)F)cc1)N1CC2CCCCC2C1.I. The predicted octanol–water partition coefficient (Wildman–Crippen LogP) is 4.37. The van der Waals surface area contributed by atoms with E-state index in [1.54, 1.807) is 7.05 Å². The van der Waals surface area contributed by atoms with Gasteiger partial charge >= 0.3 is 6.18 Å². The Morgan fingerprint density at radius 1 is 1.15 bits per heavy atom. The Kier molecular flexibility index (Phi) is 7.83. The maximum absolute atomic E-state index is 12.5. The van der Waals surface area contributed by atoms with Crippen LogP contribution in [0.4, 0.5) is 13.2 Å². The largest absolute Gasteiger partial charge is 0.416 e. The van der Waals surface area contributed by atoms with Crippen LogP contribution in [0.3, 0.4) is 0 Å². The molecule has 3 rings (SSSR count). The molecule has 1 aromatic carbocycles. The first-order chi connectivity index (χ1) is 12.5. The molecule has 1 N–H and O–H groups in total. The molecule has 27 heavy (non-hydrogen) atoms. The number of likely N-dealkylation sites (tertiary alicyclic amines) is 1. The Morgan fingerprint density at radius 3 is 2.26 bits per heavy atom. The van der Waals surface area contributed by atoms with Gasteiger partial charge in [0.25, 0.3) is 0 Å². The summed E-state index contributed by atoms with van der Waals surface area (Å²) in [7, 11) is 1.77. The second-order valence-corrected chi connectivity index (χ2v) is 6.99. The number of rotatable bonds is 1. The van der Waals surface area contributed by atoms with E-state index in [2.05, 4.69) is 27.0 Å². The molecule has 1 saturated carbocycles. The van der Waals surface area contributed by atoms with E-state index in [4.69, 9.17) is 0 Å². The van der Waals surface area contributed by atoms with Gasteiger partial charge in [-0.2, -0.15) is 13.2 Å². The molecule has 1 saturated heterocycles. The van der Waals surface area contributed by atoms with Crippen molar-refractivity contribution in [3.8, 4) is 11.8 Å². The fraction of sp³-hybridized carbons (Fsp3) is 0.550. The lowest BCUT2D eigenvalue weighted by Crippen LogP contribution is -2.40. The van der Waals surface area contributed by atoms with E-state index in [1.165, 1.54) is 37.8 Å². The van der Waals surface area contributed by atoms with Gasteiger partial charge in [0.05, 0.1) is 12.1 Å². The minimum atomic E-state index is -4.31. The van der Waals surface area contributed by atoms with E-state index >= 15 is 0 Å². The Bertz CT molecular complexity index is 690. The van der Waals surface area contributed by atoms with Gasteiger partial charge in [0.2, 0.25) is 0 Å². The normalized spacial score (nSPS) is 22.4. The van der Waals surface area contributed by atoms with Gasteiger partial charge in [-0.05, 0) is 48.9 Å². The fourth-order valence-electron chi connectivity index (χ4n) is 3.92. The molecular formula is C20H25F3IN3. The number of hydrogen-bond acceptors (Lipinski definition) is 1.